The molecule has 2 aromatic rings. The molecule has 0 aromatic carbocycles. The van der Waals surface area contributed by atoms with Crippen LogP contribution < -0.4 is 9.47 Å². The fourth-order valence-electron chi connectivity index (χ4n) is 2.82. The molecule has 2 aromatic heterocycles. The Labute approximate surface area is 112 Å². The molecular formula is C14H19N3O2. The van der Waals surface area contributed by atoms with E-state index in [1.807, 2.05) is 10.5 Å². The predicted octanol–water partition coefficient (Wildman–Crippen LogP) is 2.26. The standard InChI is InChI=1S/C14H19N3O2/c1-4-9-5-6-10-11(7-9)17-13(19-3)8-12(18-2)16-14(17)15-10/h8-9H,4-7H2,1-3H3. The topological polar surface area (TPSA) is 48.7 Å². The predicted molar refractivity (Wildman–Crippen MR) is 71.9 cm³/mol. The van der Waals surface area contributed by atoms with Gasteiger partial charge in [0.25, 0.3) is 0 Å². The molecule has 0 saturated heterocycles. The number of ether oxygens (including phenoxy) is 2. The zero-order chi connectivity index (χ0) is 13.4. The van der Waals surface area contributed by atoms with Gasteiger partial charge < -0.3 is 9.47 Å². The van der Waals surface area contributed by atoms with E-state index in [4.69, 9.17) is 9.47 Å². The molecular weight excluding hydrogens is 242 g/mol. The highest BCUT2D eigenvalue weighted by atomic mass is 16.5. The van der Waals surface area contributed by atoms with Crippen LogP contribution in [0.25, 0.3) is 5.78 Å². The molecule has 0 aliphatic heterocycles. The van der Waals surface area contributed by atoms with Gasteiger partial charge in [0.05, 0.1) is 31.7 Å². The molecule has 5 nitrogen and oxygen atoms in total. The monoisotopic (exact) mass is 261 g/mol. The van der Waals surface area contributed by atoms with Gasteiger partial charge in [-0.2, -0.15) is 4.98 Å². The number of rotatable bonds is 3. The van der Waals surface area contributed by atoms with E-state index in [0.29, 0.717) is 11.7 Å². The molecule has 1 aliphatic carbocycles. The van der Waals surface area contributed by atoms with E-state index >= 15 is 0 Å². The third-order valence-corrected chi connectivity index (χ3v) is 3.98. The highest BCUT2D eigenvalue weighted by Gasteiger charge is 2.24. The second-order valence-electron chi connectivity index (χ2n) is 5.00. The fraction of sp³-hybridized carbons (Fsp3) is 0.571. The summed E-state index contributed by atoms with van der Waals surface area (Å²) in [5, 5.41) is 0. The normalized spacial score (nSPS) is 18.4. The van der Waals surface area contributed by atoms with Crippen LogP contribution in [-0.4, -0.2) is 28.6 Å². The number of aromatic nitrogens is 3. The highest BCUT2D eigenvalue weighted by molar-refractivity contribution is 5.44. The Hall–Kier alpha value is -1.78. The Kier molecular flexibility index (Phi) is 3.05. The smallest absolute Gasteiger partial charge is 0.240 e. The first-order valence-corrected chi connectivity index (χ1v) is 6.76. The lowest BCUT2D eigenvalue weighted by atomic mass is 9.88. The van der Waals surface area contributed by atoms with E-state index in [0.717, 1.165) is 30.3 Å². The van der Waals surface area contributed by atoms with E-state index in [9.17, 15) is 0 Å². The van der Waals surface area contributed by atoms with E-state index in [-0.39, 0.29) is 0 Å². The van der Waals surface area contributed by atoms with Crippen molar-refractivity contribution < 1.29 is 9.47 Å². The molecule has 0 bridgehead atoms. The Morgan fingerprint density at radius 3 is 2.84 bits per heavy atom. The van der Waals surface area contributed by atoms with E-state index in [2.05, 4.69) is 16.9 Å². The Morgan fingerprint density at radius 1 is 1.32 bits per heavy atom. The zero-order valence-electron chi connectivity index (χ0n) is 11.6. The van der Waals surface area contributed by atoms with Crippen molar-refractivity contribution in [2.45, 2.75) is 32.6 Å². The van der Waals surface area contributed by atoms with Crippen LogP contribution in [0.3, 0.4) is 0 Å². The SMILES string of the molecule is CCC1CCc2nc3nc(OC)cc(OC)n3c2C1. The first-order valence-electron chi connectivity index (χ1n) is 6.76. The van der Waals surface area contributed by atoms with Crippen LogP contribution in [0.15, 0.2) is 6.07 Å². The maximum atomic E-state index is 5.47. The third kappa shape index (κ3) is 1.93. The molecule has 0 fully saturated rings. The second-order valence-corrected chi connectivity index (χ2v) is 5.00. The summed E-state index contributed by atoms with van der Waals surface area (Å²) < 4.78 is 12.7. The van der Waals surface area contributed by atoms with Crippen molar-refractivity contribution in [3.05, 3.63) is 17.5 Å². The lowest BCUT2D eigenvalue weighted by Crippen LogP contribution is -2.15. The Bertz CT molecular complexity index is 606. The molecule has 0 radical (unpaired) electrons. The molecule has 1 unspecified atom stereocenters. The van der Waals surface area contributed by atoms with Crippen LogP contribution in [0.2, 0.25) is 0 Å². The van der Waals surface area contributed by atoms with Crippen LogP contribution in [0.1, 0.15) is 31.2 Å². The van der Waals surface area contributed by atoms with Gasteiger partial charge in [0.15, 0.2) is 0 Å². The van der Waals surface area contributed by atoms with Crippen molar-refractivity contribution in [2.75, 3.05) is 14.2 Å². The summed E-state index contributed by atoms with van der Waals surface area (Å²) in [6, 6.07) is 1.81. The summed E-state index contributed by atoms with van der Waals surface area (Å²) in [4.78, 5) is 9.04. The minimum Gasteiger partial charge on any atom is -0.482 e. The molecule has 0 N–H and O–H groups in total. The molecule has 2 heterocycles. The van der Waals surface area contributed by atoms with E-state index in [1.165, 1.54) is 18.5 Å². The number of methoxy groups -OCH3 is 2. The Balaban J connectivity index is 2.19. The van der Waals surface area contributed by atoms with Crippen molar-refractivity contribution in [3.63, 3.8) is 0 Å². The van der Waals surface area contributed by atoms with Crippen molar-refractivity contribution in [2.24, 2.45) is 5.92 Å². The molecule has 102 valence electrons. The quantitative estimate of drug-likeness (QED) is 0.850. The van der Waals surface area contributed by atoms with Gasteiger partial charge in [0, 0.05) is 0 Å². The zero-order valence-corrected chi connectivity index (χ0v) is 11.6. The number of nitrogens with zero attached hydrogens (tertiary/aromatic N) is 3. The summed E-state index contributed by atoms with van der Waals surface area (Å²) in [5.74, 6) is 2.70. The van der Waals surface area contributed by atoms with Crippen LogP contribution >= 0.6 is 0 Å². The molecule has 0 spiro atoms. The number of imidazole rings is 1. The highest BCUT2D eigenvalue weighted by Crippen LogP contribution is 2.31. The number of hydrogen-bond acceptors (Lipinski definition) is 4. The molecule has 19 heavy (non-hydrogen) atoms. The van der Waals surface area contributed by atoms with Gasteiger partial charge in [-0.25, -0.2) is 4.98 Å². The average molecular weight is 261 g/mol. The van der Waals surface area contributed by atoms with Gasteiger partial charge in [-0.3, -0.25) is 4.40 Å². The van der Waals surface area contributed by atoms with Crippen molar-refractivity contribution in [1.82, 2.24) is 14.4 Å². The summed E-state index contributed by atoms with van der Waals surface area (Å²) in [6.45, 7) is 2.25. The largest absolute Gasteiger partial charge is 0.482 e. The summed E-state index contributed by atoms with van der Waals surface area (Å²) >= 11 is 0. The molecule has 3 rings (SSSR count). The lowest BCUT2D eigenvalue weighted by Gasteiger charge is -2.20. The Morgan fingerprint density at radius 2 is 2.16 bits per heavy atom. The van der Waals surface area contributed by atoms with Crippen LogP contribution in [0.5, 0.6) is 11.8 Å². The molecule has 0 amide bonds. The molecule has 1 aliphatic rings. The third-order valence-electron chi connectivity index (χ3n) is 3.98. The average Bonchev–Trinajstić information content (AvgIpc) is 2.83. The van der Waals surface area contributed by atoms with Crippen LogP contribution in [-0.2, 0) is 12.8 Å². The van der Waals surface area contributed by atoms with Gasteiger partial charge >= 0.3 is 0 Å². The maximum absolute atomic E-state index is 5.47. The van der Waals surface area contributed by atoms with Gasteiger partial charge in [-0.05, 0) is 25.2 Å². The molecule has 5 heteroatoms. The van der Waals surface area contributed by atoms with E-state index in [1.54, 1.807) is 14.2 Å². The van der Waals surface area contributed by atoms with Crippen LogP contribution in [0, 0.1) is 5.92 Å². The second kappa shape index (κ2) is 4.72. The molecule has 1 atom stereocenters. The number of fused-ring (bicyclic) bond motifs is 3. The van der Waals surface area contributed by atoms with Crippen molar-refractivity contribution >= 4 is 5.78 Å². The summed E-state index contributed by atoms with van der Waals surface area (Å²) in [5.41, 5.74) is 2.41. The van der Waals surface area contributed by atoms with Crippen molar-refractivity contribution in [1.29, 1.82) is 0 Å². The summed E-state index contributed by atoms with van der Waals surface area (Å²) in [6.07, 6.45) is 4.51. The fourth-order valence-corrected chi connectivity index (χ4v) is 2.82. The number of hydrogen-bond donors (Lipinski definition) is 0. The van der Waals surface area contributed by atoms with Crippen molar-refractivity contribution in [3.8, 4) is 11.8 Å². The molecule has 0 saturated carbocycles. The van der Waals surface area contributed by atoms with Gasteiger partial charge in [0.2, 0.25) is 17.5 Å². The van der Waals surface area contributed by atoms with Gasteiger partial charge in [0.1, 0.15) is 0 Å². The maximum Gasteiger partial charge on any atom is 0.240 e. The van der Waals surface area contributed by atoms with E-state index < -0.39 is 0 Å². The lowest BCUT2D eigenvalue weighted by molar-refractivity contribution is 0.365. The first kappa shape index (κ1) is 12.3. The van der Waals surface area contributed by atoms with Crippen LogP contribution in [0.4, 0.5) is 0 Å². The first-order chi connectivity index (χ1) is 9.26. The van der Waals surface area contributed by atoms with Gasteiger partial charge in [-0.1, -0.05) is 13.3 Å². The number of aryl methyl sites for hydroxylation is 1. The summed E-state index contributed by atoms with van der Waals surface area (Å²) in [7, 11) is 3.27. The minimum atomic E-state index is 0.540. The minimum absolute atomic E-state index is 0.540. The van der Waals surface area contributed by atoms with Gasteiger partial charge in [-0.15, -0.1) is 0 Å².